The van der Waals surface area contributed by atoms with Crippen LogP contribution in [-0.2, 0) is 16.1 Å². The number of amides is 1. The van der Waals surface area contributed by atoms with Gasteiger partial charge in [-0.25, -0.2) is 4.99 Å². The summed E-state index contributed by atoms with van der Waals surface area (Å²) in [5, 5.41) is 7.95. The van der Waals surface area contributed by atoms with E-state index >= 15 is 0 Å². The number of hydrogen-bond donors (Lipinski definition) is 1. The summed E-state index contributed by atoms with van der Waals surface area (Å²) < 4.78 is 10.9. The first kappa shape index (κ1) is 24.7. The molecule has 1 aromatic heterocycles. The Labute approximate surface area is 209 Å². The predicted molar refractivity (Wildman–Crippen MR) is 132 cm³/mol. The molecule has 2 saturated heterocycles. The lowest BCUT2D eigenvalue weighted by Gasteiger charge is -2.37. The molecule has 174 valence electrons. The van der Waals surface area contributed by atoms with Gasteiger partial charge in [0.05, 0.1) is 0 Å². The normalized spacial score (nSPS) is 19.1. The van der Waals surface area contributed by atoms with Crippen molar-refractivity contribution in [3.05, 3.63) is 35.2 Å². The minimum Gasteiger partial charge on any atom is -0.368 e. The minimum atomic E-state index is -0.264. The molecular formula is C21H28ClIN6O3. The monoisotopic (exact) mass is 574 g/mol. The molecule has 9 nitrogen and oxygen atoms in total. The van der Waals surface area contributed by atoms with Crippen LogP contribution < -0.4 is 5.32 Å². The SMILES string of the molecule is CCNC(=NCc1nc(-c2cccc(Cl)c2)no1)N1CCN(C(=O)C2CCCO2)CC1.I. The van der Waals surface area contributed by atoms with Gasteiger partial charge in [-0.15, -0.1) is 24.0 Å². The molecule has 2 aromatic rings. The van der Waals surface area contributed by atoms with E-state index in [0.717, 1.165) is 30.9 Å². The average Bonchev–Trinajstić information content (AvgIpc) is 3.49. The summed E-state index contributed by atoms with van der Waals surface area (Å²) in [6.07, 6.45) is 1.52. The summed E-state index contributed by atoms with van der Waals surface area (Å²) in [5.74, 6) is 1.80. The largest absolute Gasteiger partial charge is 0.368 e. The zero-order chi connectivity index (χ0) is 21.6. The van der Waals surface area contributed by atoms with Crippen LogP contribution in [-0.4, -0.2) is 77.2 Å². The molecule has 4 rings (SSSR count). The Morgan fingerprint density at radius 3 is 2.75 bits per heavy atom. The molecule has 32 heavy (non-hydrogen) atoms. The maximum absolute atomic E-state index is 12.6. The van der Waals surface area contributed by atoms with E-state index < -0.39 is 0 Å². The van der Waals surface area contributed by atoms with Crippen molar-refractivity contribution in [3.8, 4) is 11.4 Å². The maximum Gasteiger partial charge on any atom is 0.251 e. The van der Waals surface area contributed by atoms with Gasteiger partial charge in [0, 0.05) is 49.9 Å². The third-order valence-electron chi connectivity index (χ3n) is 5.35. The molecule has 1 aromatic carbocycles. The van der Waals surface area contributed by atoms with Gasteiger partial charge >= 0.3 is 0 Å². The van der Waals surface area contributed by atoms with Crippen molar-refractivity contribution in [3.63, 3.8) is 0 Å². The molecule has 11 heteroatoms. The standard InChI is InChI=1S/C21H27ClN6O3.HI/c1-2-23-21(28-10-8-27(9-11-28)20(29)17-7-4-12-30-17)24-14-18-25-19(26-31-18)15-5-3-6-16(22)13-15;/h3,5-6,13,17H,2,4,7-12,14H2,1H3,(H,23,24);1H. The first-order valence-electron chi connectivity index (χ1n) is 10.7. The van der Waals surface area contributed by atoms with Crippen LogP contribution in [0.15, 0.2) is 33.8 Å². The predicted octanol–water partition coefficient (Wildman–Crippen LogP) is 2.80. The zero-order valence-electron chi connectivity index (χ0n) is 18.0. The van der Waals surface area contributed by atoms with Gasteiger partial charge < -0.3 is 24.4 Å². The highest BCUT2D eigenvalue weighted by molar-refractivity contribution is 14.0. The van der Waals surface area contributed by atoms with Crippen LogP contribution in [0.4, 0.5) is 0 Å². The fraction of sp³-hybridized carbons (Fsp3) is 0.524. The number of benzene rings is 1. The third-order valence-corrected chi connectivity index (χ3v) is 5.58. The molecule has 3 heterocycles. The van der Waals surface area contributed by atoms with Crippen molar-refractivity contribution < 1.29 is 14.1 Å². The first-order chi connectivity index (χ1) is 15.1. The highest BCUT2D eigenvalue weighted by atomic mass is 127. The summed E-state index contributed by atoms with van der Waals surface area (Å²) in [6, 6.07) is 7.32. The molecule has 1 amide bonds. The summed E-state index contributed by atoms with van der Waals surface area (Å²) in [4.78, 5) is 25.7. The molecule has 0 bridgehead atoms. The van der Waals surface area contributed by atoms with E-state index in [9.17, 15) is 4.79 Å². The molecule has 2 aliphatic heterocycles. The maximum atomic E-state index is 12.6. The lowest BCUT2D eigenvalue weighted by Crippen LogP contribution is -2.55. The number of piperazine rings is 1. The Balaban J connectivity index is 0.00000289. The molecule has 1 atom stereocenters. The summed E-state index contributed by atoms with van der Waals surface area (Å²) >= 11 is 6.04. The Kier molecular flexibility index (Phi) is 9.11. The van der Waals surface area contributed by atoms with Crippen LogP contribution in [0.2, 0.25) is 5.02 Å². The Bertz CT molecular complexity index is 926. The Morgan fingerprint density at radius 2 is 2.06 bits per heavy atom. The van der Waals surface area contributed by atoms with Crippen LogP contribution in [0.5, 0.6) is 0 Å². The van der Waals surface area contributed by atoms with Gasteiger partial charge in [0.15, 0.2) is 5.96 Å². The molecule has 0 radical (unpaired) electrons. The van der Waals surface area contributed by atoms with Crippen molar-refractivity contribution in [1.29, 1.82) is 0 Å². The van der Waals surface area contributed by atoms with Crippen molar-refractivity contribution in [1.82, 2.24) is 25.3 Å². The lowest BCUT2D eigenvalue weighted by molar-refractivity contribution is -0.142. The highest BCUT2D eigenvalue weighted by Crippen LogP contribution is 2.20. The van der Waals surface area contributed by atoms with Crippen LogP contribution in [0, 0.1) is 0 Å². The van der Waals surface area contributed by atoms with Crippen molar-refractivity contribution in [2.24, 2.45) is 4.99 Å². The second kappa shape index (κ2) is 11.8. The number of aliphatic imine (C=N–C) groups is 1. The molecule has 0 aliphatic carbocycles. The summed E-state index contributed by atoms with van der Waals surface area (Å²) in [5.41, 5.74) is 0.797. The van der Waals surface area contributed by atoms with E-state index in [2.05, 4.69) is 25.3 Å². The number of rotatable bonds is 5. The highest BCUT2D eigenvalue weighted by Gasteiger charge is 2.30. The van der Waals surface area contributed by atoms with E-state index in [-0.39, 0.29) is 42.5 Å². The number of halogens is 2. The van der Waals surface area contributed by atoms with Gasteiger partial charge in [-0.1, -0.05) is 28.9 Å². The second-order valence-corrected chi connectivity index (χ2v) is 7.94. The Morgan fingerprint density at radius 1 is 1.28 bits per heavy atom. The van der Waals surface area contributed by atoms with E-state index in [1.54, 1.807) is 12.1 Å². The number of hydrogen-bond acceptors (Lipinski definition) is 6. The number of aromatic nitrogens is 2. The van der Waals surface area contributed by atoms with Crippen molar-refractivity contribution in [2.75, 3.05) is 39.3 Å². The van der Waals surface area contributed by atoms with Crippen LogP contribution in [0.25, 0.3) is 11.4 Å². The van der Waals surface area contributed by atoms with Gasteiger partial charge in [-0.3, -0.25) is 4.79 Å². The number of carbonyl (C=O) groups excluding carboxylic acids is 1. The number of carbonyl (C=O) groups is 1. The van der Waals surface area contributed by atoms with Crippen molar-refractivity contribution >= 4 is 47.4 Å². The van der Waals surface area contributed by atoms with Crippen LogP contribution in [0.3, 0.4) is 0 Å². The molecular weight excluding hydrogens is 547 g/mol. The van der Waals surface area contributed by atoms with E-state index in [1.165, 1.54) is 0 Å². The molecule has 2 fully saturated rings. The van der Waals surface area contributed by atoms with E-state index in [4.69, 9.17) is 20.9 Å². The minimum absolute atomic E-state index is 0. The van der Waals surface area contributed by atoms with Gasteiger partial charge in [0.2, 0.25) is 11.7 Å². The molecule has 0 spiro atoms. The van der Waals surface area contributed by atoms with Gasteiger partial charge in [0.25, 0.3) is 5.91 Å². The quantitative estimate of drug-likeness (QED) is 0.333. The zero-order valence-corrected chi connectivity index (χ0v) is 21.1. The number of guanidine groups is 1. The van der Waals surface area contributed by atoms with Crippen LogP contribution in [0.1, 0.15) is 25.7 Å². The van der Waals surface area contributed by atoms with E-state index in [0.29, 0.717) is 49.5 Å². The fourth-order valence-corrected chi connectivity index (χ4v) is 3.94. The molecule has 1 unspecified atom stereocenters. The summed E-state index contributed by atoms with van der Waals surface area (Å²) in [7, 11) is 0. The summed E-state index contributed by atoms with van der Waals surface area (Å²) in [6.45, 7) is 6.45. The van der Waals surface area contributed by atoms with Gasteiger partial charge in [-0.2, -0.15) is 4.98 Å². The van der Waals surface area contributed by atoms with E-state index in [1.807, 2.05) is 24.0 Å². The van der Waals surface area contributed by atoms with Gasteiger partial charge in [-0.05, 0) is 31.9 Å². The smallest absolute Gasteiger partial charge is 0.251 e. The lowest BCUT2D eigenvalue weighted by atomic mass is 10.2. The third kappa shape index (κ3) is 6.10. The second-order valence-electron chi connectivity index (χ2n) is 7.51. The molecule has 1 N–H and O–H groups in total. The number of nitrogens with one attached hydrogen (secondary N) is 1. The van der Waals surface area contributed by atoms with Crippen molar-refractivity contribution in [2.45, 2.75) is 32.4 Å². The van der Waals surface area contributed by atoms with Crippen LogP contribution >= 0.6 is 35.6 Å². The number of ether oxygens (including phenoxy) is 1. The fourth-order valence-electron chi connectivity index (χ4n) is 3.75. The average molecular weight is 575 g/mol. The molecule has 0 saturated carbocycles. The number of nitrogens with zero attached hydrogens (tertiary/aromatic N) is 5. The first-order valence-corrected chi connectivity index (χ1v) is 11.0. The van der Waals surface area contributed by atoms with Gasteiger partial charge in [0.1, 0.15) is 12.6 Å². The Hall–Kier alpha value is -1.92. The molecule has 2 aliphatic rings. The topological polar surface area (TPSA) is 96.1 Å².